The van der Waals surface area contributed by atoms with E-state index >= 15 is 0 Å². The predicted octanol–water partition coefficient (Wildman–Crippen LogP) is 2.61. The molecule has 3 atom stereocenters. The second-order valence-corrected chi connectivity index (χ2v) is 7.99. The van der Waals surface area contributed by atoms with Crippen molar-refractivity contribution in [3.8, 4) is 5.75 Å². The molecule has 0 aliphatic carbocycles. The molecule has 2 saturated heterocycles. The van der Waals surface area contributed by atoms with E-state index in [4.69, 9.17) is 19.2 Å². The first-order valence-corrected chi connectivity index (χ1v) is 10.3. The molecule has 3 aliphatic heterocycles. The highest BCUT2D eigenvalue weighted by Gasteiger charge is 2.34. The largest absolute Gasteiger partial charge is 0.488 e. The van der Waals surface area contributed by atoms with E-state index in [0.29, 0.717) is 25.4 Å². The molecule has 0 N–H and O–H groups in total. The van der Waals surface area contributed by atoms with E-state index in [-0.39, 0.29) is 6.10 Å². The summed E-state index contributed by atoms with van der Waals surface area (Å²) < 4.78 is 17.1. The van der Waals surface area contributed by atoms with Gasteiger partial charge in [0, 0.05) is 31.8 Å². The third kappa shape index (κ3) is 3.72. The van der Waals surface area contributed by atoms with Gasteiger partial charge in [-0.15, -0.1) is 0 Å². The number of rotatable bonds is 6. The van der Waals surface area contributed by atoms with Crippen molar-refractivity contribution in [1.29, 1.82) is 0 Å². The number of morpholine rings is 1. The lowest BCUT2D eigenvalue weighted by Crippen LogP contribution is -2.43. The van der Waals surface area contributed by atoms with E-state index in [1.165, 1.54) is 5.56 Å². The minimum Gasteiger partial charge on any atom is -0.488 e. The van der Waals surface area contributed by atoms with E-state index in [0.717, 1.165) is 54.5 Å². The monoisotopic (exact) mass is 394 g/mol. The lowest BCUT2D eigenvalue weighted by atomic mass is 10.0. The van der Waals surface area contributed by atoms with E-state index in [9.17, 15) is 0 Å². The molecule has 152 valence electrons. The summed E-state index contributed by atoms with van der Waals surface area (Å²) >= 11 is 0. The van der Waals surface area contributed by atoms with Crippen LogP contribution in [0.25, 0.3) is 0 Å². The van der Waals surface area contributed by atoms with E-state index in [1.807, 2.05) is 13.0 Å². The van der Waals surface area contributed by atoms with Crippen molar-refractivity contribution in [3.63, 3.8) is 0 Å². The van der Waals surface area contributed by atoms with Crippen LogP contribution in [0.4, 0.5) is 5.82 Å². The summed E-state index contributed by atoms with van der Waals surface area (Å²) in [5, 5.41) is 0. The Bertz CT molecular complexity index is 920. The molecule has 0 saturated carbocycles. The number of hydrogen-bond donors (Lipinski definition) is 0. The van der Waals surface area contributed by atoms with Crippen molar-refractivity contribution in [1.82, 2.24) is 9.97 Å². The fraction of sp³-hybridized carbons (Fsp3) is 0.500. The Morgan fingerprint density at radius 3 is 2.79 bits per heavy atom. The van der Waals surface area contributed by atoms with Crippen LogP contribution in [0.5, 0.6) is 5.75 Å². The molecular weight excluding hydrogens is 368 g/mol. The van der Waals surface area contributed by atoms with Crippen molar-refractivity contribution in [3.05, 3.63) is 47.4 Å². The van der Waals surface area contributed by atoms with Gasteiger partial charge < -0.3 is 19.1 Å². The molecule has 1 aromatic heterocycles. The summed E-state index contributed by atoms with van der Waals surface area (Å²) in [6, 6.07) is 8.20. The molecule has 2 aromatic rings. The number of benzene rings is 1. The van der Waals surface area contributed by atoms with Crippen LogP contribution in [-0.4, -0.2) is 60.8 Å². The Morgan fingerprint density at radius 2 is 2.00 bits per heavy atom. The van der Waals surface area contributed by atoms with Crippen molar-refractivity contribution < 1.29 is 14.2 Å². The fourth-order valence-electron chi connectivity index (χ4n) is 4.41. The molecule has 7 heteroatoms. The van der Waals surface area contributed by atoms with Crippen LogP contribution in [0, 0.1) is 0 Å². The minimum absolute atomic E-state index is 0.0119. The molecule has 2 bridgehead atoms. The fourth-order valence-corrected chi connectivity index (χ4v) is 4.41. The normalized spacial score (nSPS) is 23.7. The SMILES string of the molecule is COC[C@H](C)Oc1ccc2c(c1)C(c1cc(N3CC4CCC(C3)O4)ncn1)=NC2. The van der Waals surface area contributed by atoms with Gasteiger partial charge in [-0.1, -0.05) is 6.07 Å². The van der Waals surface area contributed by atoms with Crippen LogP contribution in [0.1, 0.15) is 36.6 Å². The molecule has 5 rings (SSSR count). The molecule has 2 unspecified atom stereocenters. The Kier molecular flexibility index (Phi) is 4.93. The van der Waals surface area contributed by atoms with Crippen LogP contribution in [0.15, 0.2) is 35.6 Å². The third-order valence-electron chi connectivity index (χ3n) is 5.75. The first-order valence-electron chi connectivity index (χ1n) is 10.3. The third-order valence-corrected chi connectivity index (χ3v) is 5.75. The zero-order valence-electron chi connectivity index (χ0n) is 16.9. The summed E-state index contributed by atoms with van der Waals surface area (Å²) in [5.41, 5.74) is 4.04. The van der Waals surface area contributed by atoms with Gasteiger partial charge in [-0.3, -0.25) is 4.99 Å². The zero-order valence-corrected chi connectivity index (χ0v) is 16.9. The van der Waals surface area contributed by atoms with Crippen molar-refractivity contribution in [2.45, 2.75) is 44.6 Å². The topological polar surface area (TPSA) is 69.1 Å². The molecule has 4 heterocycles. The van der Waals surface area contributed by atoms with Gasteiger partial charge in [0.25, 0.3) is 0 Å². The number of anilines is 1. The van der Waals surface area contributed by atoms with Crippen LogP contribution in [-0.2, 0) is 16.0 Å². The van der Waals surface area contributed by atoms with Gasteiger partial charge in [-0.2, -0.15) is 0 Å². The van der Waals surface area contributed by atoms with Gasteiger partial charge in [0.05, 0.1) is 36.8 Å². The van der Waals surface area contributed by atoms with E-state index in [1.54, 1.807) is 13.4 Å². The minimum atomic E-state index is -0.0119. The summed E-state index contributed by atoms with van der Waals surface area (Å²) in [5.74, 6) is 1.77. The molecule has 0 radical (unpaired) electrons. The zero-order chi connectivity index (χ0) is 19.8. The first-order chi connectivity index (χ1) is 14.2. The molecule has 7 nitrogen and oxygen atoms in total. The summed E-state index contributed by atoms with van der Waals surface area (Å²) in [6.45, 7) is 5.00. The Morgan fingerprint density at radius 1 is 1.17 bits per heavy atom. The number of hydrogen-bond acceptors (Lipinski definition) is 7. The molecule has 1 aromatic carbocycles. The van der Waals surface area contributed by atoms with E-state index in [2.05, 4.69) is 33.1 Å². The second-order valence-electron chi connectivity index (χ2n) is 7.99. The van der Waals surface area contributed by atoms with Gasteiger partial charge in [0.15, 0.2) is 0 Å². The van der Waals surface area contributed by atoms with Crippen molar-refractivity contribution in [2.24, 2.45) is 4.99 Å². The molecule has 29 heavy (non-hydrogen) atoms. The van der Waals surface area contributed by atoms with E-state index < -0.39 is 0 Å². The number of aromatic nitrogens is 2. The van der Waals surface area contributed by atoms with Crippen LogP contribution in [0.2, 0.25) is 0 Å². The highest BCUT2D eigenvalue weighted by molar-refractivity contribution is 6.14. The van der Waals surface area contributed by atoms with Gasteiger partial charge in [0.1, 0.15) is 24.0 Å². The van der Waals surface area contributed by atoms with Gasteiger partial charge in [0.2, 0.25) is 0 Å². The number of nitrogens with zero attached hydrogens (tertiary/aromatic N) is 4. The molecule has 0 spiro atoms. The molecule has 0 amide bonds. The summed E-state index contributed by atoms with van der Waals surface area (Å²) in [4.78, 5) is 16.1. The second kappa shape index (κ2) is 7.72. The Balaban J connectivity index is 1.39. The van der Waals surface area contributed by atoms with Crippen LogP contribution in [0.3, 0.4) is 0 Å². The first kappa shape index (κ1) is 18.5. The number of aliphatic imine (C=N–C) groups is 1. The Labute approximate surface area is 170 Å². The van der Waals surface area contributed by atoms with Gasteiger partial charge in [-0.05, 0) is 37.5 Å². The standard InChI is InChI=1S/C22H26N4O3/c1-14(12-27-2)28-16-4-3-15-9-23-22(19(15)7-16)20-8-21(25-13-24-20)26-10-17-5-6-18(11-26)29-17/h3-4,7-8,13-14,17-18H,5-6,9-12H2,1-2H3/t14-,17?,18?/m0/s1. The molecule has 2 fully saturated rings. The highest BCUT2D eigenvalue weighted by atomic mass is 16.5. The number of ether oxygens (including phenoxy) is 3. The number of fused-ring (bicyclic) bond motifs is 3. The van der Waals surface area contributed by atoms with Crippen LogP contribution >= 0.6 is 0 Å². The highest BCUT2D eigenvalue weighted by Crippen LogP contribution is 2.31. The maximum Gasteiger partial charge on any atom is 0.132 e. The van der Waals surface area contributed by atoms with Gasteiger partial charge >= 0.3 is 0 Å². The average Bonchev–Trinajstić information content (AvgIpc) is 3.30. The summed E-state index contributed by atoms with van der Waals surface area (Å²) in [7, 11) is 1.68. The average molecular weight is 394 g/mol. The van der Waals surface area contributed by atoms with Crippen molar-refractivity contribution in [2.75, 3.05) is 31.7 Å². The predicted molar refractivity (Wildman–Crippen MR) is 110 cm³/mol. The van der Waals surface area contributed by atoms with Crippen LogP contribution < -0.4 is 9.64 Å². The number of methoxy groups -OCH3 is 1. The molecule has 3 aliphatic rings. The lowest BCUT2D eigenvalue weighted by Gasteiger charge is -2.33. The van der Waals surface area contributed by atoms with Gasteiger partial charge in [-0.25, -0.2) is 9.97 Å². The van der Waals surface area contributed by atoms with Crippen molar-refractivity contribution >= 4 is 11.5 Å². The smallest absolute Gasteiger partial charge is 0.132 e. The summed E-state index contributed by atoms with van der Waals surface area (Å²) in [6.07, 6.45) is 4.56. The Hall–Kier alpha value is -2.51. The molecular formula is C22H26N4O3. The maximum atomic E-state index is 5.98. The maximum absolute atomic E-state index is 5.98. The lowest BCUT2D eigenvalue weighted by molar-refractivity contribution is 0.0302. The quantitative estimate of drug-likeness (QED) is 0.750.